The smallest absolute Gasteiger partial charge is 0.273 e. The number of thiazole rings is 1. The van der Waals surface area contributed by atoms with E-state index in [-0.39, 0.29) is 25.3 Å². The van der Waals surface area contributed by atoms with Crippen LogP contribution in [0.1, 0.15) is 28.8 Å². The summed E-state index contributed by atoms with van der Waals surface area (Å²) in [5.74, 6) is -5.75. The second kappa shape index (κ2) is 8.77. The Morgan fingerprint density at radius 1 is 1.27 bits per heavy atom. The van der Waals surface area contributed by atoms with E-state index in [9.17, 15) is 22.8 Å². The van der Waals surface area contributed by atoms with Gasteiger partial charge in [0.2, 0.25) is 5.91 Å². The van der Waals surface area contributed by atoms with Gasteiger partial charge in [-0.3, -0.25) is 9.59 Å². The third kappa shape index (κ3) is 4.58. The van der Waals surface area contributed by atoms with Gasteiger partial charge < -0.3 is 16.0 Å². The summed E-state index contributed by atoms with van der Waals surface area (Å²) in [5.41, 5.74) is 5.13. The van der Waals surface area contributed by atoms with Crippen molar-refractivity contribution in [1.82, 2.24) is 9.88 Å². The van der Waals surface area contributed by atoms with Crippen LogP contribution in [0.3, 0.4) is 0 Å². The molecule has 0 saturated carbocycles. The molecule has 0 aliphatic rings. The van der Waals surface area contributed by atoms with E-state index in [4.69, 9.17) is 5.73 Å². The first-order valence-electron chi connectivity index (χ1n) is 7.74. The highest BCUT2D eigenvalue weighted by atomic mass is 32.1. The summed E-state index contributed by atoms with van der Waals surface area (Å²) in [4.78, 5) is 29.9. The minimum atomic E-state index is -1.68. The van der Waals surface area contributed by atoms with E-state index >= 15 is 0 Å². The number of nitrogens with one attached hydrogen (secondary N) is 1. The first-order valence-corrected chi connectivity index (χ1v) is 8.62. The lowest BCUT2D eigenvalue weighted by atomic mass is 10.2. The quantitative estimate of drug-likeness (QED) is 0.716. The Labute approximate surface area is 151 Å². The number of hydrogen-bond acceptors (Lipinski definition) is 5. The van der Waals surface area contributed by atoms with E-state index in [0.717, 1.165) is 6.07 Å². The number of carbonyl (C=O) groups excluding carboxylic acids is 2. The highest BCUT2D eigenvalue weighted by molar-refractivity contribution is 7.09. The van der Waals surface area contributed by atoms with Crippen molar-refractivity contribution in [1.29, 1.82) is 0 Å². The van der Waals surface area contributed by atoms with Gasteiger partial charge in [0.1, 0.15) is 17.2 Å². The van der Waals surface area contributed by atoms with Crippen molar-refractivity contribution >= 4 is 28.8 Å². The number of amides is 2. The minimum absolute atomic E-state index is 0.163. The van der Waals surface area contributed by atoms with Crippen molar-refractivity contribution in [2.75, 3.05) is 18.4 Å². The molecule has 0 aliphatic heterocycles. The average molecular weight is 386 g/mol. The van der Waals surface area contributed by atoms with Gasteiger partial charge in [0, 0.05) is 18.5 Å². The molecule has 0 fully saturated rings. The fourth-order valence-electron chi connectivity index (χ4n) is 2.17. The largest absolute Gasteiger partial charge is 0.328 e. The Morgan fingerprint density at radius 2 is 2.00 bits per heavy atom. The van der Waals surface area contributed by atoms with Gasteiger partial charge in [-0.05, 0) is 18.6 Å². The minimum Gasteiger partial charge on any atom is -0.328 e. The summed E-state index contributed by atoms with van der Waals surface area (Å²) in [5, 5.41) is 4.26. The van der Waals surface area contributed by atoms with Gasteiger partial charge >= 0.3 is 0 Å². The summed E-state index contributed by atoms with van der Waals surface area (Å²) < 4.78 is 39.8. The molecule has 0 unspecified atom stereocenters. The number of benzene rings is 1. The monoisotopic (exact) mass is 386 g/mol. The number of hydrogen-bond donors (Lipinski definition) is 2. The maximum absolute atomic E-state index is 13.6. The van der Waals surface area contributed by atoms with E-state index in [1.807, 2.05) is 6.92 Å². The maximum Gasteiger partial charge on any atom is 0.273 e. The molecule has 6 nitrogen and oxygen atoms in total. The summed E-state index contributed by atoms with van der Waals surface area (Å²) in [6.45, 7) is 1.89. The molecule has 2 aromatic rings. The zero-order valence-corrected chi connectivity index (χ0v) is 14.7. The number of anilines is 1. The van der Waals surface area contributed by atoms with E-state index in [0.29, 0.717) is 17.5 Å². The van der Waals surface area contributed by atoms with Gasteiger partial charge in [0.05, 0.1) is 5.69 Å². The fourth-order valence-corrected chi connectivity index (χ4v) is 2.82. The van der Waals surface area contributed by atoms with E-state index < -0.39 is 35.0 Å². The predicted molar refractivity (Wildman–Crippen MR) is 91.1 cm³/mol. The lowest BCUT2D eigenvalue weighted by Gasteiger charge is -2.20. The van der Waals surface area contributed by atoms with Crippen LogP contribution in [0, 0.1) is 17.5 Å². The standard InChI is InChI=1S/C16H17F3N4O2S/c1-2-5-23(16(25)11-8-26-13(6-20)22-11)7-12(24)21-10-4-3-9(17)14(18)15(10)19/h3-4,8H,2,5-7,20H2,1H3,(H,21,24). The number of aromatic nitrogens is 1. The third-order valence-electron chi connectivity index (χ3n) is 3.37. The Hall–Kier alpha value is -2.46. The number of rotatable bonds is 7. The van der Waals surface area contributed by atoms with Crippen LogP contribution < -0.4 is 11.1 Å². The average Bonchev–Trinajstić information content (AvgIpc) is 3.10. The molecule has 1 heterocycles. The molecule has 3 N–H and O–H groups in total. The molecule has 1 aromatic carbocycles. The fraction of sp³-hybridized carbons (Fsp3) is 0.312. The number of halogens is 3. The van der Waals surface area contributed by atoms with Crippen molar-refractivity contribution in [2.45, 2.75) is 19.9 Å². The lowest BCUT2D eigenvalue weighted by molar-refractivity contribution is -0.116. The molecule has 1 aromatic heterocycles. The molecular formula is C16H17F3N4O2S. The Morgan fingerprint density at radius 3 is 2.62 bits per heavy atom. The normalized spacial score (nSPS) is 10.7. The van der Waals surface area contributed by atoms with Gasteiger partial charge in [-0.1, -0.05) is 6.92 Å². The zero-order valence-electron chi connectivity index (χ0n) is 13.9. The van der Waals surface area contributed by atoms with Crippen molar-refractivity contribution in [3.63, 3.8) is 0 Å². The van der Waals surface area contributed by atoms with Crippen molar-refractivity contribution in [3.05, 3.63) is 45.7 Å². The van der Waals surface area contributed by atoms with Gasteiger partial charge in [-0.15, -0.1) is 11.3 Å². The van der Waals surface area contributed by atoms with Crippen LogP contribution >= 0.6 is 11.3 Å². The Balaban J connectivity index is 2.10. The molecule has 0 atom stereocenters. The first-order chi connectivity index (χ1) is 12.4. The second-order valence-electron chi connectivity index (χ2n) is 5.33. The van der Waals surface area contributed by atoms with Gasteiger partial charge in [0.15, 0.2) is 17.5 Å². The molecular weight excluding hydrogens is 369 g/mol. The summed E-state index contributed by atoms with van der Waals surface area (Å²) in [6.07, 6.45) is 0.576. The van der Waals surface area contributed by atoms with Crippen LogP contribution in [0.25, 0.3) is 0 Å². The summed E-state index contributed by atoms with van der Waals surface area (Å²) in [6, 6.07) is 1.61. The molecule has 26 heavy (non-hydrogen) atoms. The van der Waals surface area contributed by atoms with E-state index in [2.05, 4.69) is 10.3 Å². The van der Waals surface area contributed by atoms with Crippen molar-refractivity contribution in [3.8, 4) is 0 Å². The predicted octanol–water partition coefficient (Wildman–Crippen LogP) is 2.51. The van der Waals surface area contributed by atoms with Crippen molar-refractivity contribution in [2.24, 2.45) is 5.73 Å². The summed E-state index contributed by atoms with van der Waals surface area (Å²) >= 11 is 1.23. The van der Waals surface area contributed by atoms with Gasteiger partial charge in [-0.2, -0.15) is 0 Å². The van der Waals surface area contributed by atoms with Gasteiger partial charge in [0.25, 0.3) is 5.91 Å². The lowest BCUT2D eigenvalue weighted by Crippen LogP contribution is -2.38. The molecule has 0 spiro atoms. The third-order valence-corrected chi connectivity index (χ3v) is 4.24. The molecule has 140 valence electrons. The molecule has 0 radical (unpaired) electrons. The number of carbonyl (C=O) groups is 2. The van der Waals surface area contributed by atoms with Crippen LogP contribution in [0.2, 0.25) is 0 Å². The second-order valence-corrected chi connectivity index (χ2v) is 6.27. The van der Waals surface area contributed by atoms with Crippen molar-refractivity contribution < 1.29 is 22.8 Å². The maximum atomic E-state index is 13.6. The number of nitrogens with zero attached hydrogens (tertiary/aromatic N) is 2. The topological polar surface area (TPSA) is 88.3 Å². The molecule has 10 heteroatoms. The highest BCUT2D eigenvalue weighted by Crippen LogP contribution is 2.19. The first kappa shape index (κ1) is 19.9. The van der Waals surface area contributed by atoms with Crippen LogP contribution in [0.5, 0.6) is 0 Å². The SMILES string of the molecule is CCCN(CC(=O)Nc1ccc(F)c(F)c1F)C(=O)c1csc(CN)n1. The van der Waals surface area contributed by atoms with E-state index in [1.165, 1.54) is 16.2 Å². The molecule has 0 saturated heterocycles. The molecule has 2 amide bonds. The van der Waals surface area contributed by atoms with Crippen LogP contribution in [-0.4, -0.2) is 34.8 Å². The summed E-state index contributed by atoms with van der Waals surface area (Å²) in [7, 11) is 0. The van der Waals surface area contributed by atoms with Crippen LogP contribution in [0.4, 0.5) is 18.9 Å². The Kier molecular flexibility index (Phi) is 6.70. The molecule has 2 rings (SSSR count). The highest BCUT2D eigenvalue weighted by Gasteiger charge is 2.22. The van der Waals surface area contributed by atoms with E-state index in [1.54, 1.807) is 5.38 Å². The molecule has 0 bridgehead atoms. The number of nitrogens with two attached hydrogens (primary N) is 1. The van der Waals surface area contributed by atoms with Gasteiger partial charge in [-0.25, -0.2) is 18.2 Å². The zero-order chi connectivity index (χ0) is 19.3. The van der Waals surface area contributed by atoms with Crippen LogP contribution in [-0.2, 0) is 11.3 Å². The van der Waals surface area contributed by atoms with Crippen LogP contribution in [0.15, 0.2) is 17.5 Å². The molecule has 0 aliphatic carbocycles. The Bertz CT molecular complexity index is 813.